The Morgan fingerprint density at radius 1 is 1.00 bits per heavy atom. The van der Waals surface area contributed by atoms with Crippen molar-refractivity contribution >= 4 is 56.8 Å². The number of carbonyl (C=O) groups is 3. The molecule has 5 rings (SSSR count). The highest BCUT2D eigenvalue weighted by Gasteiger charge is 2.24. The van der Waals surface area contributed by atoms with Crippen molar-refractivity contribution in [3.63, 3.8) is 0 Å². The summed E-state index contributed by atoms with van der Waals surface area (Å²) in [5.41, 5.74) is 2.03. The third-order valence-electron chi connectivity index (χ3n) is 7.06. The van der Waals surface area contributed by atoms with E-state index in [-0.39, 0.29) is 28.1 Å². The molecular weight excluding hydrogens is 562 g/mol. The first-order chi connectivity index (χ1) is 19.9. The molecule has 0 radical (unpaired) electrons. The first-order valence-electron chi connectivity index (χ1n) is 13.2. The van der Waals surface area contributed by atoms with Gasteiger partial charge in [-0.2, -0.15) is 0 Å². The van der Waals surface area contributed by atoms with Crippen molar-refractivity contribution in [1.82, 2.24) is 9.55 Å². The molecule has 0 unspecified atom stereocenters. The van der Waals surface area contributed by atoms with Gasteiger partial charge in [-0.05, 0) is 60.0 Å². The van der Waals surface area contributed by atoms with Gasteiger partial charge in [0.15, 0.2) is 5.16 Å². The lowest BCUT2D eigenvalue weighted by molar-refractivity contribution is -0.113. The summed E-state index contributed by atoms with van der Waals surface area (Å²) >= 11 is 2.60. The number of benzene rings is 2. The van der Waals surface area contributed by atoms with E-state index >= 15 is 0 Å². The molecule has 212 valence electrons. The fraction of sp³-hybridized carbons (Fsp3) is 0.300. The molecule has 1 aliphatic carbocycles. The van der Waals surface area contributed by atoms with Gasteiger partial charge in [0.05, 0.1) is 42.2 Å². The van der Waals surface area contributed by atoms with Crippen LogP contribution in [0, 0.1) is 0 Å². The molecule has 0 bridgehead atoms. The number of hydrogen-bond donors (Lipinski definition) is 1. The normalized spacial score (nSPS) is 13.6. The number of hydrogen-bond acceptors (Lipinski definition) is 9. The SMILES string of the molecule is COC(=O)c1cc(NC(=O)CSc2nc3scc(C4CCCCC4)c3c(=O)n2-c2ccccc2)cc(C(=O)OC)c1. The maximum absolute atomic E-state index is 14.0. The van der Waals surface area contributed by atoms with E-state index in [1.807, 2.05) is 30.3 Å². The fourth-order valence-electron chi connectivity index (χ4n) is 5.11. The maximum atomic E-state index is 14.0. The van der Waals surface area contributed by atoms with Gasteiger partial charge in [0.25, 0.3) is 5.56 Å². The largest absolute Gasteiger partial charge is 0.465 e. The lowest BCUT2D eigenvalue weighted by Crippen LogP contribution is -2.23. The second-order valence-electron chi connectivity index (χ2n) is 9.70. The summed E-state index contributed by atoms with van der Waals surface area (Å²) in [6.45, 7) is 0. The number of esters is 2. The Hall–Kier alpha value is -3.96. The Kier molecular flexibility index (Phi) is 8.84. The molecule has 0 aliphatic heterocycles. The minimum absolute atomic E-state index is 0.0678. The summed E-state index contributed by atoms with van der Waals surface area (Å²) in [6, 6.07) is 13.5. The first-order valence-corrected chi connectivity index (χ1v) is 15.1. The summed E-state index contributed by atoms with van der Waals surface area (Å²) in [7, 11) is 2.45. The Balaban J connectivity index is 1.45. The quantitative estimate of drug-likeness (QED) is 0.155. The number of thiophene rings is 1. The maximum Gasteiger partial charge on any atom is 0.337 e. The lowest BCUT2D eigenvalue weighted by atomic mass is 9.84. The summed E-state index contributed by atoms with van der Waals surface area (Å²) in [5, 5.41) is 5.85. The van der Waals surface area contributed by atoms with Gasteiger partial charge < -0.3 is 14.8 Å². The molecule has 0 spiro atoms. The van der Waals surface area contributed by atoms with Crippen LogP contribution in [0.3, 0.4) is 0 Å². The van der Waals surface area contributed by atoms with Crippen LogP contribution in [0.4, 0.5) is 5.69 Å². The summed E-state index contributed by atoms with van der Waals surface area (Å²) in [4.78, 5) is 56.7. The molecule has 4 aromatic rings. The van der Waals surface area contributed by atoms with Crippen molar-refractivity contribution < 1.29 is 23.9 Å². The number of nitrogens with zero attached hydrogens (tertiary/aromatic N) is 2. The van der Waals surface area contributed by atoms with Crippen LogP contribution in [-0.2, 0) is 14.3 Å². The third-order valence-corrected chi connectivity index (χ3v) is 8.89. The molecule has 11 heteroatoms. The van der Waals surface area contributed by atoms with Gasteiger partial charge in [-0.25, -0.2) is 14.6 Å². The zero-order valence-corrected chi connectivity index (χ0v) is 24.3. The zero-order valence-electron chi connectivity index (χ0n) is 22.7. The molecule has 2 aromatic carbocycles. The molecule has 1 amide bonds. The number of para-hydroxylation sites is 1. The fourth-order valence-corrected chi connectivity index (χ4v) is 6.98. The van der Waals surface area contributed by atoms with Crippen molar-refractivity contribution in [2.45, 2.75) is 43.2 Å². The van der Waals surface area contributed by atoms with Crippen LogP contribution in [0.5, 0.6) is 0 Å². The van der Waals surface area contributed by atoms with Crippen LogP contribution in [0.1, 0.15) is 64.3 Å². The van der Waals surface area contributed by atoms with E-state index in [9.17, 15) is 19.2 Å². The van der Waals surface area contributed by atoms with Crippen LogP contribution < -0.4 is 10.9 Å². The topological polar surface area (TPSA) is 117 Å². The average molecular weight is 592 g/mol. The Labute approximate surface area is 244 Å². The second-order valence-corrected chi connectivity index (χ2v) is 11.5. The molecule has 0 atom stereocenters. The van der Waals surface area contributed by atoms with Crippen molar-refractivity contribution in [2.24, 2.45) is 0 Å². The monoisotopic (exact) mass is 591 g/mol. The molecule has 1 saturated carbocycles. The molecule has 9 nitrogen and oxygen atoms in total. The van der Waals surface area contributed by atoms with E-state index in [2.05, 4.69) is 10.7 Å². The average Bonchev–Trinajstić information content (AvgIpc) is 3.44. The predicted molar refractivity (Wildman–Crippen MR) is 160 cm³/mol. The summed E-state index contributed by atoms with van der Waals surface area (Å²) < 4.78 is 11.1. The number of rotatable bonds is 8. The smallest absolute Gasteiger partial charge is 0.337 e. The molecule has 41 heavy (non-hydrogen) atoms. The van der Waals surface area contributed by atoms with E-state index in [0.29, 0.717) is 27.0 Å². The number of anilines is 1. The van der Waals surface area contributed by atoms with E-state index < -0.39 is 17.8 Å². The lowest BCUT2D eigenvalue weighted by Gasteiger charge is -2.21. The summed E-state index contributed by atoms with van der Waals surface area (Å²) in [6.07, 6.45) is 5.69. The van der Waals surface area contributed by atoms with Gasteiger partial charge in [-0.1, -0.05) is 49.2 Å². The first kappa shape index (κ1) is 28.6. The van der Waals surface area contributed by atoms with Crippen molar-refractivity contribution in [3.8, 4) is 5.69 Å². The molecule has 2 aromatic heterocycles. The summed E-state index contributed by atoms with van der Waals surface area (Å²) in [5.74, 6) is -1.43. The highest BCUT2D eigenvalue weighted by molar-refractivity contribution is 7.99. The van der Waals surface area contributed by atoms with E-state index in [1.165, 1.54) is 50.2 Å². The minimum Gasteiger partial charge on any atom is -0.465 e. The molecule has 0 saturated heterocycles. The molecule has 1 fully saturated rings. The van der Waals surface area contributed by atoms with Crippen LogP contribution >= 0.6 is 23.1 Å². The standard InChI is InChI=1S/C30H29N3O6S2/c1-38-28(36)19-13-20(29(37)39-2)15-21(14-19)31-24(34)17-41-30-32-26-25(23(16-40-26)18-9-5-3-6-10-18)27(35)33(30)22-11-7-4-8-12-22/h4,7-8,11-16,18H,3,5-6,9-10,17H2,1-2H3,(H,31,34). The van der Waals surface area contributed by atoms with Crippen LogP contribution in [0.2, 0.25) is 0 Å². The predicted octanol–water partition coefficient (Wildman–Crippen LogP) is 5.80. The van der Waals surface area contributed by atoms with E-state index in [4.69, 9.17) is 14.5 Å². The van der Waals surface area contributed by atoms with Gasteiger partial charge in [0, 0.05) is 5.69 Å². The zero-order chi connectivity index (χ0) is 28.9. The number of fused-ring (bicyclic) bond motifs is 1. The highest BCUT2D eigenvalue weighted by atomic mass is 32.2. The van der Waals surface area contributed by atoms with Gasteiger partial charge in [-0.15, -0.1) is 11.3 Å². The Morgan fingerprint density at radius 3 is 2.29 bits per heavy atom. The Bertz CT molecular complexity index is 1620. The minimum atomic E-state index is -0.659. The highest BCUT2D eigenvalue weighted by Crippen LogP contribution is 2.38. The van der Waals surface area contributed by atoms with Crippen LogP contribution in [0.25, 0.3) is 15.9 Å². The number of aromatic nitrogens is 2. The van der Waals surface area contributed by atoms with Crippen LogP contribution in [0.15, 0.2) is 63.9 Å². The van der Waals surface area contributed by atoms with E-state index in [1.54, 1.807) is 4.57 Å². The van der Waals surface area contributed by atoms with E-state index in [0.717, 1.165) is 43.0 Å². The second kappa shape index (κ2) is 12.7. The number of methoxy groups -OCH3 is 2. The number of thioether (sulfide) groups is 1. The van der Waals surface area contributed by atoms with Crippen molar-refractivity contribution in [3.05, 3.63) is 81.0 Å². The molecule has 2 heterocycles. The van der Waals surface area contributed by atoms with Gasteiger partial charge in [0.2, 0.25) is 5.91 Å². The number of ether oxygens (including phenoxy) is 2. The van der Waals surface area contributed by atoms with Crippen molar-refractivity contribution in [1.29, 1.82) is 0 Å². The molecule has 1 aliphatic rings. The van der Waals surface area contributed by atoms with Crippen molar-refractivity contribution in [2.75, 3.05) is 25.3 Å². The number of carbonyl (C=O) groups excluding carboxylic acids is 3. The van der Waals surface area contributed by atoms with Gasteiger partial charge in [-0.3, -0.25) is 14.2 Å². The van der Waals surface area contributed by atoms with Gasteiger partial charge >= 0.3 is 11.9 Å². The number of amides is 1. The van der Waals surface area contributed by atoms with Crippen LogP contribution in [-0.4, -0.2) is 47.4 Å². The third kappa shape index (κ3) is 6.20. The Morgan fingerprint density at radius 2 is 1.66 bits per heavy atom. The molecule has 1 N–H and O–H groups in total. The molecular formula is C30H29N3O6S2. The van der Waals surface area contributed by atoms with Gasteiger partial charge in [0.1, 0.15) is 4.83 Å². The number of nitrogens with one attached hydrogen (secondary N) is 1.